The number of halogens is 1. The molecule has 2 aliphatic rings. The van der Waals surface area contributed by atoms with Gasteiger partial charge >= 0.3 is 15.2 Å². The molecule has 0 spiro atoms. The highest BCUT2D eigenvalue weighted by Gasteiger charge is 2.48. The summed E-state index contributed by atoms with van der Waals surface area (Å²) in [6.07, 6.45) is -4.29. The average Bonchev–Trinajstić information content (AvgIpc) is 3.52. The Bertz CT molecular complexity index is 1680. The first kappa shape index (κ1) is 33.6. The molecule has 0 saturated carbocycles. The zero-order valence-electron chi connectivity index (χ0n) is 24.4. The Balaban J connectivity index is 0.00000196. The van der Waals surface area contributed by atoms with Crippen molar-refractivity contribution in [1.29, 1.82) is 0 Å². The summed E-state index contributed by atoms with van der Waals surface area (Å²) in [5, 5.41) is 21.3. The molecule has 45 heavy (non-hydrogen) atoms. The molecule has 0 radical (unpaired) electrons. The van der Waals surface area contributed by atoms with Crippen molar-refractivity contribution in [3.63, 3.8) is 0 Å². The minimum Gasteiger partial charge on any atom is -0.387 e. The Morgan fingerprint density at radius 3 is 2.09 bits per heavy atom. The third kappa shape index (κ3) is 6.86. The molecule has 17 heteroatoms. The van der Waals surface area contributed by atoms with Crippen molar-refractivity contribution in [2.75, 3.05) is 30.5 Å². The number of benzene rings is 2. The van der Waals surface area contributed by atoms with E-state index in [0.29, 0.717) is 24.4 Å². The Labute approximate surface area is 264 Å². The molecule has 2 aromatic carbocycles. The zero-order chi connectivity index (χ0) is 32.6. The first-order valence-corrected chi connectivity index (χ1v) is 18.1. The number of ether oxygens (including phenoxy) is 1. The summed E-state index contributed by atoms with van der Waals surface area (Å²) in [6.45, 7) is 4.44. The number of imidazole rings is 1. The molecule has 0 aliphatic carbocycles. The van der Waals surface area contributed by atoms with Crippen LogP contribution in [0.5, 0.6) is 0 Å². The number of hydrogen-bond donors (Lipinski definition) is 5. The number of fused-ring (bicyclic) bond motifs is 1. The predicted molar refractivity (Wildman–Crippen MR) is 166 cm³/mol. The van der Waals surface area contributed by atoms with Crippen molar-refractivity contribution in [3.8, 4) is 0 Å². The lowest BCUT2D eigenvalue weighted by Crippen LogP contribution is -2.60. The highest BCUT2D eigenvalue weighted by Crippen LogP contribution is 2.55. The standard InChI is InChI=1S/C26H28ClN5O9P2.C2H6/c27-25-29-22(31-12-26(13-31,16-7-3-1-4-8-16)17-9-5-2-6-10-17)19-23(30-25)32(14-28-19)24-21(34)20(33)18(41-24)11-40-43(38,39)15-42(35,36)37;1-2/h1-10,14,18,20-21,24,33-34H,11-13,15H2,(H,38,39)(H2,35,36,37);1-2H3. The van der Waals surface area contributed by atoms with Gasteiger partial charge in [-0.25, -0.2) is 4.98 Å². The summed E-state index contributed by atoms with van der Waals surface area (Å²) in [5.41, 5.74) is 2.60. The van der Waals surface area contributed by atoms with E-state index in [-0.39, 0.29) is 16.3 Å². The number of hydrogen-bond acceptors (Lipinski definition) is 10. The third-order valence-corrected chi connectivity index (χ3v) is 11.3. The summed E-state index contributed by atoms with van der Waals surface area (Å²) in [6, 6.07) is 20.3. The van der Waals surface area contributed by atoms with Crippen molar-refractivity contribution in [3.05, 3.63) is 83.4 Å². The molecular weight excluding hydrogens is 648 g/mol. The number of rotatable bonds is 9. The normalized spacial score (nSPS) is 24.0. The molecule has 6 rings (SSSR count). The first-order valence-electron chi connectivity index (χ1n) is 14.2. The third-order valence-electron chi connectivity index (χ3n) is 7.66. The molecule has 2 aromatic heterocycles. The van der Waals surface area contributed by atoms with Gasteiger partial charge in [0.05, 0.1) is 18.3 Å². The fraction of sp³-hybridized carbons (Fsp3) is 0.393. The second-order valence-electron chi connectivity index (χ2n) is 10.6. The van der Waals surface area contributed by atoms with Gasteiger partial charge in [0.1, 0.15) is 18.3 Å². The molecule has 0 amide bonds. The molecule has 0 bridgehead atoms. The van der Waals surface area contributed by atoms with Crippen LogP contribution in [0, 0.1) is 0 Å². The van der Waals surface area contributed by atoms with Crippen LogP contribution in [-0.4, -0.2) is 88.3 Å². The van der Waals surface area contributed by atoms with E-state index in [4.69, 9.17) is 30.6 Å². The van der Waals surface area contributed by atoms with E-state index >= 15 is 0 Å². The SMILES string of the molecule is CC.O=P(O)(O)CP(=O)(O)OCC1OC(n2cnc3c(N4CC(c5ccccc5)(c5ccccc5)C4)nc(Cl)nc32)C(O)C1O. The lowest BCUT2D eigenvalue weighted by molar-refractivity contribution is -0.0483. The van der Waals surface area contributed by atoms with Crippen LogP contribution >= 0.6 is 26.8 Å². The van der Waals surface area contributed by atoms with Crippen molar-refractivity contribution >= 4 is 43.8 Å². The topological polar surface area (TPSA) is 201 Å². The molecule has 2 saturated heterocycles. The summed E-state index contributed by atoms with van der Waals surface area (Å²) in [4.78, 5) is 43.0. The molecule has 5 N–H and O–H groups in total. The Morgan fingerprint density at radius 1 is 0.956 bits per heavy atom. The van der Waals surface area contributed by atoms with Gasteiger partial charge in [0, 0.05) is 13.1 Å². The summed E-state index contributed by atoms with van der Waals surface area (Å²) in [5.74, 6) is -0.923. The number of nitrogens with zero attached hydrogens (tertiary/aromatic N) is 5. The fourth-order valence-corrected chi connectivity index (χ4v) is 8.37. The van der Waals surface area contributed by atoms with Crippen molar-refractivity contribution in [2.45, 2.75) is 43.8 Å². The lowest BCUT2D eigenvalue weighted by Gasteiger charge is -2.51. The summed E-state index contributed by atoms with van der Waals surface area (Å²) < 4.78 is 35.1. The second-order valence-corrected chi connectivity index (χ2v) is 14.9. The number of aromatic nitrogens is 4. The van der Waals surface area contributed by atoms with E-state index in [1.54, 1.807) is 0 Å². The maximum Gasteiger partial charge on any atom is 0.340 e. The van der Waals surface area contributed by atoms with E-state index in [0.717, 1.165) is 11.1 Å². The van der Waals surface area contributed by atoms with Crippen LogP contribution in [0.25, 0.3) is 11.2 Å². The summed E-state index contributed by atoms with van der Waals surface area (Å²) in [7, 11) is -9.56. The molecule has 4 heterocycles. The van der Waals surface area contributed by atoms with Gasteiger partial charge in [-0.1, -0.05) is 74.5 Å². The molecule has 4 aromatic rings. The Morgan fingerprint density at radius 2 is 1.53 bits per heavy atom. The molecule has 2 fully saturated rings. The van der Waals surface area contributed by atoms with Crippen LogP contribution in [0.1, 0.15) is 31.2 Å². The van der Waals surface area contributed by atoms with Gasteiger partial charge in [0.25, 0.3) is 0 Å². The van der Waals surface area contributed by atoms with E-state index in [1.165, 1.54) is 10.9 Å². The predicted octanol–water partition coefficient (Wildman–Crippen LogP) is 3.27. The largest absolute Gasteiger partial charge is 0.387 e. The maximum absolute atomic E-state index is 12.0. The summed E-state index contributed by atoms with van der Waals surface area (Å²) >= 11 is 6.35. The van der Waals surface area contributed by atoms with Gasteiger partial charge in [-0.2, -0.15) is 9.97 Å². The second kappa shape index (κ2) is 13.2. The van der Waals surface area contributed by atoms with Crippen LogP contribution in [-0.2, 0) is 23.8 Å². The molecule has 2 aliphatic heterocycles. The monoisotopic (exact) mass is 681 g/mol. The zero-order valence-corrected chi connectivity index (χ0v) is 26.9. The van der Waals surface area contributed by atoms with E-state index in [2.05, 4.69) is 39.2 Å². The first-order chi connectivity index (χ1) is 21.4. The molecule has 5 unspecified atom stereocenters. The van der Waals surface area contributed by atoms with Gasteiger partial charge in [-0.3, -0.25) is 13.7 Å². The van der Waals surface area contributed by atoms with Crippen LogP contribution in [0.3, 0.4) is 0 Å². The van der Waals surface area contributed by atoms with Crippen LogP contribution in [0.2, 0.25) is 5.28 Å². The fourth-order valence-electron chi connectivity index (χ4n) is 5.64. The molecule has 5 atom stereocenters. The van der Waals surface area contributed by atoms with Gasteiger partial charge in [0.2, 0.25) is 5.28 Å². The smallest absolute Gasteiger partial charge is 0.340 e. The van der Waals surface area contributed by atoms with E-state index in [9.17, 15) is 24.2 Å². The van der Waals surface area contributed by atoms with E-state index in [1.807, 2.05) is 55.1 Å². The van der Waals surface area contributed by atoms with Gasteiger partial charge in [0.15, 0.2) is 29.1 Å². The van der Waals surface area contributed by atoms with Gasteiger partial charge in [-0.05, 0) is 22.7 Å². The quantitative estimate of drug-likeness (QED) is 0.127. The number of anilines is 1. The van der Waals surface area contributed by atoms with Gasteiger partial charge in [-0.15, -0.1) is 0 Å². The number of aliphatic hydroxyl groups is 2. The van der Waals surface area contributed by atoms with Crippen LogP contribution < -0.4 is 4.90 Å². The highest BCUT2D eigenvalue weighted by atomic mass is 35.5. The van der Waals surface area contributed by atoms with Crippen molar-refractivity contribution in [2.24, 2.45) is 0 Å². The maximum atomic E-state index is 12.0. The van der Waals surface area contributed by atoms with Crippen molar-refractivity contribution in [1.82, 2.24) is 19.5 Å². The molecule has 242 valence electrons. The van der Waals surface area contributed by atoms with Crippen LogP contribution in [0.15, 0.2) is 67.0 Å². The molecule has 14 nitrogen and oxygen atoms in total. The van der Waals surface area contributed by atoms with Crippen LogP contribution in [0.4, 0.5) is 5.82 Å². The number of aliphatic hydroxyl groups excluding tert-OH is 2. The lowest BCUT2D eigenvalue weighted by atomic mass is 9.68. The molecular formula is C28H34ClN5O9P2. The Kier molecular flexibility index (Phi) is 9.84. The minimum atomic E-state index is -4.85. The van der Waals surface area contributed by atoms with E-state index < -0.39 is 52.2 Å². The van der Waals surface area contributed by atoms with Crippen molar-refractivity contribution < 1.29 is 43.3 Å². The minimum absolute atomic E-state index is 0.0762. The average molecular weight is 682 g/mol. The Hall–Kier alpha value is -2.74. The van der Waals surface area contributed by atoms with Gasteiger partial charge < -0.3 is 39.1 Å². The highest BCUT2D eigenvalue weighted by molar-refractivity contribution is 7.70.